The van der Waals surface area contributed by atoms with Crippen molar-refractivity contribution in [2.24, 2.45) is 17.4 Å². The van der Waals surface area contributed by atoms with Crippen molar-refractivity contribution < 1.29 is 4.79 Å². The van der Waals surface area contributed by atoms with Crippen LogP contribution in [-0.2, 0) is 18.3 Å². The van der Waals surface area contributed by atoms with Crippen LogP contribution < -0.4 is 11.5 Å². The average Bonchev–Trinajstić information content (AvgIpc) is 3.07. The molecule has 1 heterocycles. The molecule has 0 aromatic heterocycles. The smallest absolute Gasteiger partial charge is 0.248 e. The summed E-state index contributed by atoms with van der Waals surface area (Å²) in [5.74, 6) is 0.160. The van der Waals surface area contributed by atoms with Crippen LogP contribution in [0.5, 0.6) is 0 Å². The predicted octanol–water partition coefficient (Wildman–Crippen LogP) is 3.66. The number of likely N-dealkylation sites (tertiary alicyclic amines) is 1. The summed E-state index contributed by atoms with van der Waals surface area (Å²) in [6.45, 7) is 7.94. The summed E-state index contributed by atoms with van der Waals surface area (Å²) in [7, 11) is 0. The van der Waals surface area contributed by atoms with Gasteiger partial charge in [-0.15, -0.1) is 0 Å². The zero-order chi connectivity index (χ0) is 21.4. The number of carbonyl (C=O) groups excluding carboxylic acids is 1. The van der Waals surface area contributed by atoms with E-state index < -0.39 is 0 Å². The Hall–Kier alpha value is -2.17. The number of nitrogens with two attached hydrogens (primary N) is 2. The molecular formula is C26H35N3O. The van der Waals surface area contributed by atoms with Crippen molar-refractivity contribution >= 4 is 5.91 Å². The van der Waals surface area contributed by atoms with E-state index in [4.69, 9.17) is 11.5 Å². The van der Waals surface area contributed by atoms with Crippen molar-refractivity contribution in [2.45, 2.75) is 56.9 Å². The van der Waals surface area contributed by atoms with E-state index in [1.165, 1.54) is 16.7 Å². The third-order valence-corrected chi connectivity index (χ3v) is 7.73. The molecule has 4 nitrogen and oxygen atoms in total. The molecule has 160 valence electrons. The molecule has 1 aliphatic heterocycles. The van der Waals surface area contributed by atoms with Crippen LogP contribution in [0.25, 0.3) is 0 Å². The number of hydrogen-bond acceptors (Lipinski definition) is 3. The summed E-state index contributed by atoms with van der Waals surface area (Å²) in [5.41, 5.74) is 17.0. The fourth-order valence-electron chi connectivity index (χ4n) is 5.53. The second kappa shape index (κ2) is 8.16. The molecule has 0 radical (unpaired) electrons. The highest BCUT2D eigenvalue weighted by atomic mass is 16.1. The van der Waals surface area contributed by atoms with Gasteiger partial charge in [0.15, 0.2) is 0 Å². The van der Waals surface area contributed by atoms with E-state index in [-0.39, 0.29) is 16.9 Å². The summed E-state index contributed by atoms with van der Waals surface area (Å²) in [6.07, 6.45) is 5.33. The van der Waals surface area contributed by atoms with Gasteiger partial charge in [0.2, 0.25) is 5.91 Å². The van der Waals surface area contributed by atoms with E-state index in [9.17, 15) is 4.79 Å². The molecule has 2 atom stereocenters. The van der Waals surface area contributed by atoms with E-state index in [1.807, 2.05) is 12.1 Å². The Morgan fingerprint density at radius 1 is 1.13 bits per heavy atom. The lowest BCUT2D eigenvalue weighted by Gasteiger charge is -2.45. The highest BCUT2D eigenvalue weighted by molar-refractivity contribution is 5.92. The summed E-state index contributed by atoms with van der Waals surface area (Å²) in [6, 6.07) is 16.6. The van der Waals surface area contributed by atoms with Crippen molar-refractivity contribution in [3.05, 3.63) is 70.8 Å². The molecule has 0 bridgehead atoms. The number of piperidine rings is 1. The highest BCUT2D eigenvalue weighted by Crippen LogP contribution is 2.40. The number of benzene rings is 2. The van der Waals surface area contributed by atoms with Crippen LogP contribution in [0, 0.1) is 5.92 Å². The first-order chi connectivity index (χ1) is 14.3. The fourth-order valence-corrected chi connectivity index (χ4v) is 5.53. The molecule has 2 aliphatic rings. The zero-order valence-electron chi connectivity index (χ0n) is 18.4. The minimum Gasteiger partial charge on any atom is -0.366 e. The van der Waals surface area contributed by atoms with Crippen LogP contribution in [0.4, 0.5) is 0 Å². The normalized spacial score (nSPS) is 25.8. The molecule has 2 aromatic carbocycles. The molecule has 0 spiro atoms. The first-order valence-electron chi connectivity index (χ1n) is 11.3. The maximum absolute atomic E-state index is 11.6. The second-order valence-corrected chi connectivity index (χ2v) is 9.90. The van der Waals surface area contributed by atoms with Gasteiger partial charge < -0.3 is 16.4 Å². The van der Waals surface area contributed by atoms with Crippen molar-refractivity contribution in [1.29, 1.82) is 0 Å². The number of amides is 1. The van der Waals surface area contributed by atoms with Gasteiger partial charge in [-0.3, -0.25) is 4.79 Å². The minimum atomic E-state index is -0.352. The maximum atomic E-state index is 11.6. The summed E-state index contributed by atoms with van der Waals surface area (Å²) in [4.78, 5) is 14.2. The number of carbonyl (C=O) groups is 1. The standard InChI is InChI=1S/C26H35N3O/c1-19-18-29(13-6-11-26(28)16-21-7-3-4-8-22(21)17-26)14-12-25(19,2)23-10-5-9-20(15-23)24(27)30/h3-5,7-10,15,19H,6,11-14,16-18,28H2,1-2H3,(H2,27,30)/t19-,25+/m1/s1. The van der Waals surface area contributed by atoms with Gasteiger partial charge >= 0.3 is 0 Å². The molecule has 1 fully saturated rings. The Morgan fingerprint density at radius 2 is 1.83 bits per heavy atom. The topological polar surface area (TPSA) is 72.3 Å². The Bertz CT molecular complexity index is 899. The van der Waals surface area contributed by atoms with Gasteiger partial charge in [0.25, 0.3) is 0 Å². The quantitative estimate of drug-likeness (QED) is 0.770. The van der Waals surface area contributed by atoms with Crippen molar-refractivity contribution in [3.8, 4) is 0 Å². The number of nitrogens with zero attached hydrogens (tertiary/aromatic N) is 1. The lowest BCUT2D eigenvalue weighted by atomic mass is 9.68. The molecule has 30 heavy (non-hydrogen) atoms. The largest absolute Gasteiger partial charge is 0.366 e. The minimum absolute atomic E-state index is 0.0736. The number of rotatable bonds is 6. The molecule has 1 aliphatic carbocycles. The van der Waals surface area contributed by atoms with E-state index in [2.05, 4.69) is 49.1 Å². The number of hydrogen-bond donors (Lipinski definition) is 2. The molecule has 4 N–H and O–H groups in total. The van der Waals surface area contributed by atoms with Gasteiger partial charge in [-0.1, -0.05) is 50.2 Å². The van der Waals surface area contributed by atoms with Crippen LogP contribution in [-0.4, -0.2) is 36.0 Å². The van der Waals surface area contributed by atoms with Crippen LogP contribution in [0.15, 0.2) is 48.5 Å². The summed E-state index contributed by atoms with van der Waals surface area (Å²) >= 11 is 0. The number of fused-ring (bicyclic) bond motifs is 1. The van der Waals surface area contributed by atoms with Gasteiger partial charge in [0.05, 0.1) is 0 Å². The molecule has 4 rings (SSSR count). The molecule has 4 heteroatoms. The van der Waals surface area contributed by atoms with Gasteiger partial charge in [-0.05, 0) is 85.3 Å². The molecule has 0 saturated carbocycles. The number of primary amides is 1. The van der Waals surface area contributed by atoms with Crippen LogP contribution >= 0.6 is 0 Å². The second-order valence-electron chi connectivity index (χ2n) is 9.90. The molecular weight excluding hydrogens is 370 g/mol. The van der Waals surface area contributed by atoms with E-state index >= 15 is 0 Å². The van der Waals surface area contributed by atoms with Gasteiger partial charge in [0.1, 0.15) is 0 Å². The van der Waals surface area contributed by atoms with Crippen molar-refractivity contribution in [2.75, 3.05) is 19.6 Å². The maximum Gasteiger partial charge on any atom is 0.248 e. The monoisotopic (exact) mass is 405 g/mol. The van der Waals surface area contributed by atoms with Crippen LogP contribution in [0.1, 0.15) is 60.2 Å². The van der Waals surface area contributed by atoms with Crippen molar-refractivity contribution in [3.63, 3.8) is 0 Å². The lowest BCUT2D eigenvalue weighted by Crippen LogP contribution is -2.48. The Kier molecular flexibility index (Phi) is 5.73. The molecule has 1 amide bonds. The predicted molar refractivity (Wildman–Crippen MR) is 123 cm³/mol. The first-order valence-corrected chi connectivity index (χ1v) is 11.3. The van der Waals surface area contributed by atoms with E-state index in [0.29, 0.717) is 11.5 Å². The molecule has 1 saturated heterocycles. The van der Waals surface area contributed by atoms with Gasteiger partial charge in [-0.2, -0.15) is 0 Å². The van der Waals surface area contributed by atoms with E-state index in [0.717, 1.165) is 51.7 Å². The third kappa shape index (κ3) is 4.17. The average molecular weight is 406 g/mol. The van der Waals surface area contributed by atoms with Crippen molar-refractivity contribution in [1.82, 2.24) is 4.90 Å². The van der Waals surface area contributed by atoms with Crippen LogP contribution in [0.2, 0.25) is 0 Å². The van der Waals surface area contributed by atoms with Gasteiger partial charge in [-0.25, -0.2) is 0 Å². The zero-order valence-corrected chi connectivity index (χ0v) is 18.4. The Balaban J connectivity index is 1.32. The Labute approximate surface area is 180 Å². The Morgan fingerprint density at radius 3 is 2.47 bits per heavy atom. The SMILES string of the molecule is C[C@@H]1CN(CCCC2(N)Cc3ccccc3C2)CC[C@]1(C)c1cccc(C(N)=O)c1. The summed E-state index contributed by atoms with van der Waals surface area (Å²) in [5, 5.41) is 0. The van der Waals surface area contributed by atoms with E-state index in [1.54, 1.807) is 6.07 Å². The first kappa shape index (κ1) is 21.1. The van der Waals surface area contributed by atoms with Gasteiger partial charge in [0, 0.05) is 17.6 Å². The third-order valence-electron chi connectivity index (χ3n) is 7.73. The summed E-state index contributed by atoms with van der Waals surface area (Å²) < 4.78 is 0. The molecule has 0 unspecified atom stereocenters. The highest BCUT2D eigenvalue weighted by Gasteiger charge is 2.38. The fraction of sp³-hybridized carbons (Fsp3) is 0.500. The molecule has 2 aromatic rings. The lowest BCUT2D eigenvalue weighted by molar-refractivity contribution is 0.0997. The van der Waals surface area contributed by atoms with Crippen LogP contribution in [0.3, 0.4) is 0 Å².